The van der Waals surface area contributed by atoms with Crippen molar-refractivity contribution in [2.45, 2.75) is 13.5 Å². The van der Waals surface area contributed by atoms with Crippen molar-refractivity contribution >= 4 is 29.0 Å². The number of aryl methyl sites for hydroxylation is 1. The third-order valence-electron chi connectivity index (χ3n) is 4.63. The standard InChI is InChI=1S/C23H25N5O2/c1-15-11-17(9-10-18(15)23(30)28(2)3)27-21-12-20(19(14-26-21)22(24)29)25-13-16-7-5-4-6-8-16/h4-12,14H,13H2,1-3H3,(H2,24,29)(H2,25,26,27). The van der Waals surface area contributed by atoms with Crippen molar-refractivity contribution in [3.8, 4) is 0 Å². The zero-order valence-electron chi connectivity index (χ0n) is 17.3. The monoisotopic (exact) mass is 403 g/mol. The van der Waals surface area contributed by atoms with Crippen molar-refractivity contribution in [3.05, 3.63) is 83.0 Å². The summed E-state index contributed by atoms with van der Waals surface area (Å²) < 4.78 is 0. The predicted octanol–water partition coefficient (Wildman–Crippen LogP) is 3.55. The molecule has 30 heavy (non-hydrogen) atoms. The summed E-state index contributed by atoms with van der Waals surface area (Å²) in [7, 11) is 3.45. The third-order valence-corrected chi connectivity index (χ3v) is 4.63. The molecule has 154 valence electrons. The number of nitrogens with zero attached hydrogens (tertiary/aromatic N) is 2. The zero-order valence-corrected chi connectivity index (χ0v) is 17.3. The van der Waals surface area contributed by atoms with Gasteiger partial charge in [0.15, 0.2) is 0 Å². The summed E-state index contributed by atoms with van der Waals surface area (Å²) in [5.41, 5.74) is 9.79. The summed E-state index contributed by atoms with van der Waals surface area (Å²) in [4.78, 5) is 29.8. The van der Waals surface area contributed by atoms with E-state index >= 15 is 0 Å². The summed E-state index contributed by atoms with van der Waals surface area (Å²) in [5.74, 6) is -0.0379. The molecule has 4 N–H and O–H groups in total. The molecule has 0 spiro atoms. The molecule has 0 atom stereocenters. The molecule has 0 fully saturated rings. The maximum atomic E-state index is 12.2. The predicted molar refractivity (Wildman–Crippen MR) is 119 cm³/mol. The normalized spacial score (nSPS) is 10.4. The Kier molecular flexibility index (Phi) is 6.32. The minimum atomic E-state index is -0.549. The van der Waals surface area contributed by atoms with Gasteiger partial charge in [-0.2, -0.15) is 0 Å². The van der Waals surface area contributed by atoms with Crippen molar-refractivity contribution in [3.63, 3.8) is 0 Å². The number of carbonyl (C=O) groups excluding carboxylic acids is 2. The number of amides is 2. The minimum absolute atomic E-state index is 0.0459. The second-order valence-electron chi connectivity index (χ2n) is 7.17. The number of nitrogens with one attached hydrogen (secondary N) is 2. The molecule has 0 unspecified atom stereocenters. The number of hydrogen-bond acceptors (Lipinski definition) is 5. The first-order valence-corrected chi connectivity index (χ1v) is 9.52. The molecule has 0 radical (unpaired) electrons. The quantitative estimate of drug-likeness (QED) is 0.560. The molecule has 7 heteroatoms. The summed E-state index contributed by atoms with van der Waals surface area (Å²) in [6.07, 6.45) is 1.45. The number of pyridine rings is 1. The van der Waals surface area contributed by atoms with Crippen LogP contribution in [0, 0.1) is 6.92 Å². The van der Waals surface area contributed by atoms with Crippen LogP contribution in [0.15, 0.2) is 60.8 Å². The highest BCUT2D eigenvalue weighted by atomic mass is 16.2. The Labute approximate surface area is 175 Å². The Bertz CT molecular complexity index is 1060. The Morgan fingerprint density at radius 3 is 2.40 bits per heavy atom. The van der Waals surface area contributed by atoms with Crippen LogP contribution in [0.3, 0.4) is 0 Å². The van der Waals surface area contributed by atoms with E-state index in [0.717, 1.165) is 16.8 Å². The van der Waals surface area contributed by atoms with Gasteiger partial charge in [0.1, 0.15) is 5.82 Å². The molecular formula is C23H25N5O2. The number of carbonyl (C=O) groups is 2. The van der Waals surface area contributed by atoms with Gasteiger partial charge in [0, 0.05) is 44.2 Å². The molecule has 0 aliphatic carbocycles. The SMILES string of the molecule is Cc1cc(Nc2cc(NCc3ccccc3)c(C(N)=O)cn2)ccc1C(=O)N(C)C. The van der Waals surface area contributed by atoms with Gasteiger partial charge in [-0.25, -0.2) is 4.98 Å². The highest BCUT2D eigenvalue weighted by molar-refractivity contribution is 5.99. The molecule has 1 heterocycles. The lowest BCUT2D eigenvalue weighted by atomic mass is 10.1. The van der Waals surface area contributed by atoms with Crippen LogP contribution in [0.4, 0.5) is 17.2 Å². The number of hydrogen-bond donors (Lipinski definition) is 3. The van der Waals surface area contributed by atoms with E-state index in [1.807, 2.05) is 49.4 Å². The Hall–Kier alpha value is -3.87. The molecule has 2 amide bonds. The fourth-order valence-electron chi connectivity index (χ4n) is 3.03. The van der Waals surface area contributed by atoms with Crippen LogP contribution >= 0.6 is 0 Å². The first-order valence-electron chi connectivity index (χ1n) is 9.52. The van der Waals surface area contributed by atoms with Crippen LogP contribution in [0.5, 0.6) is 0 Å². The van der Waals surface area contributed by atoms with E-state index in [0.29, 0.717) is 29.2 Å². The zero-order chi connectivity index (χ0) is 21.7. The van der Waals surface area contributed by atoms with Gasteiger partial charge < -0.3 is 21.3 Å². The number of primary amides is 1. The van der Waals surface area contributed by atoms with Crippen molar-refractivity contribution < 1.29 is 9.59 Å². The topological polar surface area (TPSA) is 100 Å². The third kappa shape index (κ3) is 4.94. The van der Waals surface area contributed by atoms with Crippen LogP contribution in [-0.4, -0.2) is 35.8 Å². The number of anilines is 3. The van der Waals surface area contributed by atoms with E-state index in [9.17, 15) is 9.59 Å². The second-order valence-corrected chi connectivity index (χ2v) is 7.17. The minimum Gasteiger partial charge on any atom is -0.380 e. The van der Waals surface area contributed by atoms with Crippen LogP contribution < -0.4 is 16.4 Å². The first kappa shape index (κ1) is 20.9. The van der Waals surface area contributed by atoms with Crippen LogP contribution in [0.1, 0.15) is 31.8 Å². The summed E-state index contributed by atoms with van der Waals surface area (Å²) >= 11 is 0. The van der Waals surface area contributed by atoms with E-state index in [1.165, 1.54) is 6.20 Å². The van der Waals surface area contributed by atoms with Gasteiger partial charge in [0.25, 0.3) is 11.8 Å². The van der Waals surface area contributed by atoms with E-state index in [1.54, 1.807) is 31.1 Å². The summed E-state index contributed by atoms with van der Waals surface area (Å²) in [6.45, 7) is 2.43. The van der Waals surface area contributed by atoms with E-state index in [4.69, 9.17) is 5.73 Å². The van der Waals surface area contributed by atoms with E-state index in [2.05, 4.69) is 15.6 Å². The van der Waals surface area contributed by atoms with Crippen LogP contribution in [0.2, 0.25) is 0 Å². The molecule has 2 aromatic carbocycles. The number of benzene rings is 2. The van der Waals surface area contributed by atoms with Crippen LogP contribution in [-0.2, 0) is 6.54 Å². The Balaban J connectivity index is 1.82. The molecule has 0 aliphatic rings. The molecular weight excluding hydrogens is 378 g/mol. The fourth-order valence-corrected chi connectivity index (χ4v) is 3.03. The maximum absolute atomic E-state index is 12.2. The summed E-state index contributed by atoms with van der Waals surface area (Å²) in [6, 6.07) is 17.1. The van der Waals surface area contributed by atoms with Gasteiger partial charge in [-0.3, -0.25) is 9.59 Å². The molecule has 1 aromatic heterocycles. The largest absolute Gasteiger partial charge is 0.380 e. The first-order chi connectivity index (χ1) is 14.3. The van der Waals surface area contributed by atoms with Gasteiger partial charge in [-0.15, -0.1) is 0 Å². The van der Waals surface area contributed by atoms with Crippen molar-refractivity contribution in [1.82, 2.24) is 9.88 Å². The lowest BCUT2D eigenvalue weighted by Gasteiger charge is -2.15. The fraction of sp³-hybridized carbons (Fsp3) is 0.174. The van der Waals surface area contributed by atoms with Gasteiger partial charge in [-0.1, -0.05) is 30.3 Å². The second kappa shape index (κ2) is 9.09. The highest BCUT2D eigenvalue weighted by Crippen LogP contribution is 2.24. The lowest BCUT2D eigenvalue weighted by molar-refractivity contribution is 0.0826. The van der Waals surface area contributed by atoms with Crippen LogP contribution in [0.25, 0.3) is 0 Å². The van der Waals surface area contributed by atoms with Gasteiger partial charge in [-0.05, 0) is 36.2 Å². The molecule has 0 saturated heterocycles. The van der Waals surface area contributed by atoms with E-state index < -0.39 is 5.91 Å². The molecule has 3 rings (SSSR count). The smallest absolute Gasteiger partial charge is 0.253 e. The highest BCUT2D eigenvalue weighted by Gasteiger charge is 2.13. The summed E-state index contributed by atoms with van der Waals surface area (Å²) in [5, 5.41) is 6.47. The number of nitrogens with two attached hydrogens (primary N) is 1. The maximum Gasteiger partial charge on any atom is 0.253 e. The Morgan fingerprint density at radius 2 is 1.77 bits per heavy atom. The van der Waals surface area contributed by atoms with Gasteiger partial charge in [0.05, 0.1) is 11.3 Å². The van der Waals surface area contributed by atoms with Gasteiger partial charge in [0.2, 0.25) is 0 Å². The Morgan fingerprint density at radius 1 is 1.03 bits per heavy atom. The van der Waals surface area contributed by atoms with Crippen molar-refractivity contribution in [2.75, 3.05) is 24.7 Å². The van der Waals surface area contributed by atoms with Gasteiger partial charge >= 0.3 is 0 Å². The van der Waals surface area contributed by atoms with E-state index in [-0.39, 0.29) is 5.91 Å². The number of rotatable bonds is 7. The molecule has 0 saturated carbocycles. The lowest BCUT2D eigenvalue weighted by Crippen LogP contribution is -2.22. The molecule has 7 nitrogen and oxygen atoms in total. The molecule has 3 aromatic rings. The van der Waals surface area contributed by atoms with Crippen molar-refractivity contribution in [1.29, 1.82) is 0 Å². The average Bonchev–Trinajstić information content (AvgIpc) is 2.72. The number of aromatic nitrogens is 1. The average molecular weight is 403 g/mol. The van der Waals surface area contributed by atoms with Crippen molar-refractivity contribution in [2.24, 2.45) is 5.73 Å². The molecule has 0 bridgehead atoms. The molecule has 0 aliphatic heterocycles.